The van der Waals surface area contributed by atoms with Gasteiger partial charge in [0.05, 0.1) is 6.10 Å². The first-order valence-corrected chi connectivity index (χ1v) is 7.42. The molecule has 0 radical (unpaired) electrons. The van der Waals surface area contributed by atoms with Crippen LogP contribution in [-0.4, -0.2) is 19.3 Å². The predicted octanol–water partition coefficient (Wildman–Crippen LogP) is 2.65. The average Bonchev–Trinajstić information content (AvgIpc) is 2.43. The van der Waals surface area contributed by atoms with Gasteiger partial charge < -0.3 is 9.47 Å². The van der Waals surface area contributed by atoms with Gasteiger partial charge in [-0.2, -0.15) is 0 Å². The van der Waals surface area contributed by atoms with Gasteiger partial charge in [0.15, 0.2) is 0 Å². The maximum Gasteiger partial charge on any atom is 0.119 e. The van der Waals surface area contributed by atoms with E-state index in [0.29, 0.717) is 11.8 Å². The summed E-state index contributed by atoms with van der Waals surface area (Å²) in [6, 6.07) is 8.41. The second-order valence-corrected chi connectivity index (χ2v) is 5.88. The smallest absolute Gasteiger partial charge is 0.119 e. The number of hydrogen-bond donors (Lipinski definition) is 2. The van der Waals surface area contributed by atoms with Crippen molar-refractivity contribution in [2.75, 3.05) is 13.2 Å². The lowest BCUT2D eigenvalue weighted by molar-refractivity contribution is 0.0105. The Balaban J connectivity index is 2.10. The Morgan fingerprint density at radius 3 is 2.55 bits per heavy atom. The summed E-state index contributed by atoms with van der Waals surface area (Å²) in [6.45, 7) is 7.92. The average molecular weight is 278 g/mol. The molecule has 1 aliphatic heterocycles. The lowest BCUT2D eigenvalue weighted by atomic mass is 9.81. The fourth-order valence-electron chi connectivity index (χ4n) is 2.88. The van der Waals surface area contributed by atoms with Gasteiger partial charge in [0.2, 0.25) is 0 Å². The Morgan fingerprint density at radius 2 is 2.00 bits per heavy atom. The van der Waals surface area contributed by atoms with E-state index in [1.807, 2.05) is 26.0 Å². The maximum absolute atomic E-state index is 5.79. The van der Waals surface area contributed by atoms with E-state index in [-0.39, 0.29) is 12.1 Å². The monoisotopic (exact) mass is 278 g/mol. The van der Waals surface area contributed by atoms with Crippen molar-refractivity contribution in [1.82, 2.24) is 5.43 Å². The molecule has 4 nitrogen and oxygen atoms in total. The van der Waals surface area contributed by atoms with Gasteiger partial charge in [-0.25, -0.2) is 0 Å². The number of hydrogen-bond acceptors (Lipinski definition) is 4. The molecule has 3 unspecified atom stereocenters. The van der Waals surface area contributed by atoms with Gasteiger partial charge in [-0.1, -0.05) is 19.1 Å². The van der Waals surface area contributed by atoms with Gasteiger partial charge in [0.25, 0.3) is 0 Å². The van der Waals surface area contributed by atoms with Gasteiger partial charge in [-0.15, -0.1) is 0 Å². The number of nitrogens with one attached hydrogen (secondary N) is 1. The summed E-state index contributed by atoms with van der Waals surface area (Å²) >= 11 is 0. The van der Waals surface area contributed by atoms with E-state index < -0.39 is 0 Å². The van der Waals surface area contributed by atoms with E-state index in [0.717, 1.165) is 25.4 Å². The zero-order valence-corrected chi connectivity index (χ0v) is 12.6. The van der Waals surface area contributed by atoms with Gasteiger partial charge in [-0.3, -0.25) is 11.3 Å². The molecular formula is C16H26N2O2. The molecule has 0 spiro atoms. The Morgan fingerprint density at radius 1 is 1.30 bits per heavy atom. The van der Waals surface area contributed by atoms with Crippen molar-refractivity contribution < 1.29 is 9.47 Å². The topological polar surface area (TPSA) is 56.5 Å². The molecule has 1 aliphatic rings. The van der Waals surface area contributed by atoms with Crippen LogP contribution in [0.15, 0.2) is 24.3 Å². The summed E-state index contributed by atoms with van der Waals surface area (Å²) in [7, 11) is 0. The van der Waals surface area contributed by atoms with E-state index >= 15 is 0 Å². The highest BCUT2D eigenvalue weighted by molar-refractivity contribution is 5.29. The molecule has 1 fully saturated rings. The molecule has 3 N–H and O–H groups in total. The van der Waals surface area contributed by atoms with E-state index in [1.54, 1.807) is 0 Å². The van der Waals surface area contributed by atoms with E-state index in [9.17, 15) is 0 Å². The van der Waals surface area contributed by atoms with E-state index in [4.69, 9.17) is 15.3 Å². The van der Waals surface area contributed by atoms with Crippen molar-refractivity contribution in [2.45, 2.75) is 39.3 Å². The highest BCUT2D eigenvalue weighted by Crippen LogP contribution is 2.33. The molecule has 0 aliphatic carbocycles. The lowest BCUT2D eigenvalue weighted by Crippen LogP contribution is -2.39. The van der Waals surface area contributed by atoms with Crippen LogP contribution in [0.5, 0.6) is 5.75 Å². The standard InChI is InChI=1S/C16H26N2O2/c1-11(2)20-14-6-4-13(5-7-14)16(18-17)15-8-9-19-10-12(15)3/h4-7,11-12,15-16,18H,8-10,17H2,1-3H3. The Labute approximate surface area is 121 Å². The van der Waals surface area contributed by atoms with E-state index in [2.05, 4.69) is 24.5 Å². The quantitative estimate of drug-likeness (QED) is 0.642. The molecule has 1 heterocycles. The van der Waals surface area contributed by atoms with Crippen molar-refractivity contribution in [2.24, 2.45) is 17.7 Å². The molecule has 0 amide bonds. The zero-order chi connectivity index (χ0) is 14.5. The fraction of sp³-hybridized carbons (Fsp3) is 0.625. The number of rotatable bonds is 5. The Hall–Kier alpha value is -1.10. The minimum Gasteiger partial charge on any atom is -0.491 e. The summed E-state index contributed by atoms with van der Waals surface area (Å²) in [5.41, 5.74) is 4.19. The first kappa shape index (κ1) is 15.3. The molecule has 1 saturated heterocycles. The van der Waals surface area contributed by atoms with Crippen molar-refractivity contribution in [3.63, 3.8) is 0 Å². The number of hydrazine groups is 1. The number of nitrogens with two attached hydrogens (primary N) is 1. The highest BCUT2D eigenvalue weighted by atomic mass is 16.5. The van der Waals surface area contributed by atoms with Gasteiger partial charge in [0.1, 0.15) is 5.75 Å². The summed E-state index contributed by atoms with van der Waals surface area (Å²) < 4.78 is 11.2. The normalized spacial score (nSPS) is 24.6. The molecule has 0 saturated carbocycles. The molecule has 1 aromatic rings. The van der Waals surface area contributed by atoms with Crippen LogP contribution in [0.25, 0.3) is 0 Å². The number of ether oxygens (including phenoxy) is 2. The van der Waals surface area contributed by atoms with Crippen molar-refractivity contribution >= 4 is 0 Å². The minimum absolute atomic E-state index is 0.169. The molecule has 0 bridgehead atoms. The third kappa shape index (κ3) is 3.72. The third-order valence-corrected chi connectivity index (χ3v) is 3.93. The minimum atomic E-state index is 0.169. The Bertz CT molecular complexity index is 405. The zero-order valence-electron chi connectivity index (χ0n) is 12.6. The summed E-state index contributed by atoms with van der Waals surface area (Å²) in [5.74, 6) is 7.71. The second-order valence-electron chi connectivity index (χ2n) is 5.88. The second kappa shape index (κ2) is 7.07. The predicted molar refractivity (Wildman–Crippen MR) is 80.4 cm³/mol. The van der Waals surface area contributed by atoms with Crippen LogP contribution in [-0.2, 0) is 4.74 Å². The fourth-order valence-corrected chi connectivity index (χ4v) is 2.88. The first-order chi connectivity index (χ1) is 9.61. The van der Waals surface area contributed by atoms with Crippen LogP contribution < -0.4 is 16.0 Å². The van der Waals surface area contributed by atoms with Gasteiger partial charge in [0, 0.05) is 19.3 Å². The van der Waals surface area contributed by atoms with Crippen LogP contribution in [0.2, 0.25) is 0 Å². The third-order valence-electron chi connectivity index (χ3n) is 3.93. The van der Waals surface area contributed by atoms with Gasteiger partial charge >= 0.3 is 0 Å². The highest BCUT2D eigenvalue weighted by Gasteiger charge is 2.30. The lowest BCUT2D eigenvalue weighted by Gasteiger charge is -2.35. The maximum atomic E-state index is 5.79. The first-order valence-electron chi connectivity index (χ1n) is 7.42. The Kier molecular flexibility index (Phi) is 5.40. The summed E-state index contributed by atoms with van der Waals surface area (Å²) in [5, 5.41) is 0. The van der Waals surface area contributed by atoms with Crippen LogP contribution in [0.1, 0.15) is 38.8 Å². The van der Waals surface area contributed by atoms with Crippen LogP contribution in [0.4, 0.5) is 0 Å². The molecule has 20 heavy (non-hydrogen) atoms. The molecule has 112 valence electrons. The van der Waals surface area contributed by atoms with Crippen molar-refractivity contribution in [1.29, 1.82) is 0 Å². The summed E-state index contributed by atoms with van der Waals surface area (Å²) in [6.07, 6.45) is 1.24. The number of benzene rings is 1. The molecule has 3 atom stereocenters. The molecule has 1 aromatic carbocycles. The molecule has 0 aromatic heterocycles. The largest absolute Gasteiger partial charge is 0.491 e. The van der Waals surface area contributed by atoms with Crippen LogP contribution >= 0.6 is 0 Å². The molecule has 4 heteroatoms. The molecule has 2 rings (SSSR count). The summed E-state index contributed by atoms with van der Waals surface area (Å²) in [4.78, 5) is 0. The van der Waals surface area contributed by atoms with Crippen LogP contribution in [0.3, 0.4) is 0 Å². The SMILES string of the molecule is CC(C)Oc1ccc(C(NN)C2CCOCC2C)cc1. The van der Waals surface area contributed by atoms with Gasteiger partial charge in [-0.05, 0) is 49.8 Å². The van der Waals surface area contributed by atoms with Crippen LogP contribution in [0, 0.1) is 11.8 Å². The molecular weight excluding hydrogens is 252 g/mol. The van der Waals surface area contributed by atoms with Crippen molar-refractivity contribution in [3.05, 3.63) is 29.8 Å². The van der Waals surface area contributed by atoms with Crippen molar-refractivity contribution in [3.8, 4) is 5.75 Å². The van der Waals surface area contributed by atoms with E-state index in [1.165, 1.54) is 5.56 Å².